The molecule has 152 valence electrons. The molecule has 2 aliphatic carbocycles. The highest BCUT2D eigenvalue weighted by Crippen LogP contribution is 2.42. The van der Waals surface area contributed by atoms with Crippen molar-refractivity contribution < 1.29 is 0 Å². The first-order valence-electron chi connectivity index (χ1n) is 10.9. The molecule has 0 radical (unpaired) electrons. The highest BCUT2D eigenvalue weighted by atomic mass is 28.3. The van der Waals surface area contributed by atoms with Gasteiger partial charge in [-0.05, 0) is 39.9 Å². The molecule has 0 unspecified atom stereocenters. The second-order valence-corrected chi connectivity index (χ2v) is 14.6. The lowest BCUT2D eigenvalue weighted by atomic mass is 10.0. The fraction of sp³-hybridized carbons (Fsp3) is 0.321. The molecule has 1 nitrogen and oxygen atoms in total. The van der Waals surface area contributed by atoms with Gasteiger partial charge in [-0.1, -0.05) is 96.0 Å². The van der Waals surface area contributed by atoms with Crippen molar-refractivity contribution in [3.63, 3.8) is 0 Å². The van der Waals surface area contributed by atoms with Gasteiger partial charge in [0.25, 0.3) is 0 Å². The quantitative estimate of drug-likeness (QED) is 0.317. The summed E-state index contributed by atoms with van der Waals surface area (Å²) in [6.45, 7) is 14.0. The van der Waals surface area contributed by atoms with Crippen LogP contribution < -0.4 is 0 Å². The van der Waals surface area contributed by atoms with Crippen LogP contribution in [0.15, 0.2) is 60.7 Å². The molecule has 0 spiro atoms. The molecule has 0 aromatic heterocycles. The van der Waals surface area contributed by atoms with E-state index in [1.54, 1.807) is 0 Å². The summed E-state index contributed by atoms with van der Waals surface area (Å²) in [5, 5.41) is 9.94. The third-order valence-corrected chi connectivity index (χ3v) is 12.8. The molecule has 0 heterocycles. The van der Waals surface area contributed by atoms with E-state index in [0.717, 1.165) is 33.4 Å². The molecular formula is C28H31NSi. The van der Waals surface area contributed by atoms with Crippen molar-refractivity contribution in [3.8, 4) is 39.8 Å². The minimum atomic E-state index is -1.83. The molecule has 2 heteroatoms. The molecule has 0 amide bonds. The van der Waals surface area contributed by atoms with Gasteiger partial charge in [0.05, 0.1) is 5.56 Å². The van der Waals surface area contributed by atoms with Crippen LogP contribution in [0, 0.1) is 22.8 Å². The third-order valence-electron chi connectivity index (χ3n) is 6.52. The van der Waals surface area contributed by atoms with Crippen LogP contribution in [0.1, 0.15) is 52.7 Å². The topological polar surface area (TPSA) is 23.8 Å². The van der Waals surface area contributed by atoms with Gasteiger partial charge in [0, 0.05) is 16.7 Å². The van der Waals surface area contributed by atoms with Gasteiger partial charge in [0.15, 0.2) is 0 Å². The number of hydrogen-bond acceptors (Lipinski definition) is 1. The zero-order chi connectivity index (χ0) is 21.9. The number of nitriles is 1. The molecule has 0 fully saturated rings. The minimum Gasteiger partial charge on any atom is -0.192 e. The first-order valence-corrected chi connectivity index (χ1v) is 13.1. The van der Waals surface area contributed by atoms with E-state index in [9.17, 15) is 5.26 Å². The molecule has 1 aromatic carbocycles. The molecule has 0 bridgehead atoms. The van der Waals surface area contributed by atoms with Crippen molar-refractivity contribution in [2.75, 3.05) is 0 Å². The van der Waals surface area contributed by atoms with Crippen LogP contribution in [0.4, 0.5) is 0 Å². The van der Waals surface area contributed by atoms with E-state index >= 15 is 0 Å². The predicted octanol–water partition coefficient (Wildman–Crippen LogP) is 7.90. The van der Waals surface area contributed by atoms with Gasteiger partial charge in [-0.25, -0.2) is 0 Å². The standard InChI is InChI=1S/C28H31NSi/c1-20(2)30(21(3)4,22(5)6)17-16-24-14-10-11-15-25-26(24)18-27(28(25)19-29)23-12-8-7-9-13-23/h7-15,18,20-22H,1-6H3. The molecule has 0 N–H and O–H groups in total. The van der Waals surface area contributed by atoms with Crippen LogP contribution in [-0.2, 0) is 0 Å². The zero-order valence-electron chi connectivity index (χ0n) is 19.0. The van der Waals surface area contributed by atoms with E-state index < -0.39 is 8.07 Å². The number of hydrogen-bond donors (Lipinski definition) is 0. The molecule has 0 atom stereocenters. The van der Waals surface area contributed by atoms with Crippen LogP contribution in [0.25, 0.3) is 22.3 Å². The second-order valence-electron chi connectivity index (χ2n) is 9.02. The summed E-state index contributed by atoms with van der Waals surface area (Å²) in [4.78, 5) is 0. The van der Waals surface area contributed by atoms with E-state index in [0.29, 0.717) is 16.6 Å². The fourth-order valence-electron chi connectivity index (χ4n) is 5.05. The molecule has 1 aromatic rings. The van der Waals surface area contributed by atoms with Crippen LogP contribution in [-0.4, -0.2) is 8.07 Å². The van der Waals surface area contributed by atoms with Crippen molar-refractivity contribution in [1.82, 2.24) is 0 Å². The Labute approximate surface area is 183 Å². The van der Waals surface area contributed by atoms with Gasteiger partial charge in [-0.15, -0.1) is 5.54 Å². The minimum absolute atomic E-state index is 0.590. The Morgan fingerprint density at radius 3 is 1.83 bits per heavy atom. The summed E-state index contributed by atoms with van der Waals surface area (Å²) >= 11 is 0. The number of fused-ring (bicyclic) bond motifs is 1. The summed E-state index contributed by atoms with van der Waals surface area (Å²) in [5.41, 5.74) is 11.5. The van der Waals surface area contributed by atoms with Gasteiger partial charge in [-0.3, -0.25) is 0 Å². The van der Waals surface area contributed by atoms with E-state index in [4.69, 9.17) is 0 Å². The number of nitrogens with zero attached hydrogens (tertiary/aromatic N) is 1. The molecule has 0 saturated carbocycles. The van der Waals surface area contributed by atoms with Crippen molar-refractivity contribution in [3.05, 3.63) is 71.8 Å². The molecule has 2 aliphatic rings. The first-order chi connectivity index (χ1) is 14.3. The summed E-state index contributed by atoms with van der Waals surface area (Å²) in [5.74, 6) is 3.61. The first kappa shape index (κ1) is 21.9. The summed E-state index contributed by atoms with van der Waals surface area (Å²) in [6, 6.07) is 23.0. The maximum absolute atomic E-state index is 9.94. The van der Waals surface area contributed by atoms with Crippen LogP contribution in [0.5, 0.6) is 0 Å². The van der Waals surface area contributed by atoms with Gasteiger partial charge >= 0.3 is 0 Å². The van der Waals surface area contributed by atoms with Crippen molar-refractivity contribution in [2.24, 2.45) is 0 Å². The van der Waals surface area contributed by atoms with Gasteiger partial charge in [-0.2, -0.15) is 5.26 Å². The maximum Gasteiger partial charge on any atom is 0.146 e. The Balaban J connectivity index is 2.25. The average Bonchev–Trinajstić information content (AvgIpc) is 2.96. The number of benzene rings is 1. The average molecular weight is 410 g/mol. The Kier molecular flexibility index (Phi) is 6.50. The lowest BCUT2D eigenvalue weighted by molar-refractivity contribution is 0.838. The molecule has 0 saturated heterocycles. The van der Waals surface area contributed by atoms with Crippen LogP contribution in [0.3, 0.4) is 0 Å². The summed E-state index contributed by atoms with van der Waals surface area (Å²) < 4.78 is 0. The Hall–Kier alpha value is -2.81. The van der Waals surface area contributed by atoms with Gasteiger partial charge < -0.3 is 0 Å². The van der Waals surface area contributed by atoms with Crippen molar-refractivity contribution in [1.29, 1.82) is 5.26 Å². The maximum atomic E-state index is 9.94. The highest BCUT2D eigenvalue weighted by molar-refractivity contribution is 6.90. The van der Waals surface area contributed by atoms with Crippen LogP contribution >= 0.6 is 0 Å². The largest absolute Gasteiger partial charge is 0.192 e. The van der Waals surface area contributed by atoms with Crippen molar-refractivity contribution >= 4 is 8.07 Å². The number of rotatable bonds is 4. The monoisotopic (exact) mass is 409 g/mol. The lowest BCUT2D eigenvalue weighted by Gasteiger charge is -2.38. The van der Waals surface area contributed by atoms with Gasteiger partial charge in [0.1, 0.15) is 14.1 Å². The van der Waals surface area contributed by atoms with E-state index in [1.807, 2.05) is 36.4 Å². The van der Waals surface area contributed by atoms with Crippen molar-refractivity contribution in [2.45, 2.75) is 58.2 Å². The van der Waals surface area contributed by atoms with Gasteiger partial charge in [0.2, 0.25) is 0 Å². The van der Waals surface area contributed by atoms with E-state index in [-0.39, 0.29) is 0 Å². The predicted molar refractivity (Wildman–Crippen MR) is 131 cm³/mol. The molecule has 0 aliphatic heterocycles. The summed E-state index contributed by atoms with van der Waals surface area (Å²) in [7, 11) is -1.83. The third kappa shape index (κ3) is 3.81. The molecule has 30 heavy (non-hydrogen) atoms. The Morgan fingerprint density at radius 2 is 1.27 bits per heavy atom. The van der Waals surface area contributed by atoms with E-state index in [1.165, 1.54) is 0 Å². The zero-order valence-corrected chi connectivity index (χ0v) is 20.0. The Morgan fingerprint density at radius 1 is 0.700 bits per heavy atom. The summed E-state index contributed by atoms with van der Waals surface area (Å²) in [6.07, 6.45) is 0. The van der Waals surface area contributed by atoms with Crippen LogP contribution in [0.2, 0.25) is 16.6 Å². The SMILES string of the molecule is CC(C)[Si](C#Cc1ccccc2c(C#N)c(-c3ccccc3)cc1-2)(C(C)C)C(C)C. The lowest BCUT2D eigenvalue weighted by Crippen LogP contribution is -2.43. The molecule has 3 rings (SSSR count). The Bertz CT molecular complexity index is 1070. The fourth-order valence-corrected chi connectivity index (χ4v) is 10.3. The smallest absolute Gasteiger partial charge is 0.146 e. The highest BCUT2D eigenvalue weighted by Gasteiger charge is 2.41. The molecular weight excluding hydrogens is 378 g/mol. The normalized spacial score (nSPS) is 11.6. The van der Waals surface area contributed by atoms with E-state index in [2.05, 4.69) is 83.3 Å². The second kappa shape index (κ2) is 8.91.